The van der Waals surface area contributed by atoms with Crippen molar-refractivity contribution in [3.63, 3.8) is 0 Å². The van der Waals surface area contributed by atoms with Crippen molar-refractivity contribution in [3.8, 4) is 0 Å². The summed E-state index contributed by atoms with van der Waals surface area (Å²) in [6, 6.07) is 5.98. The standard InChI is InChI=1S/C12H15BrN4OS.HI/c1-14-12(15-7-10-3-4-11(13)19-10)17(2)8-9-5-6-18-16-9;/h3-6H,7-8H2,1-2H3,(H,14,15);1H. The second kappa shape index (κ2) is 8.63. The molecule has 0 aliphatic rings. The summed E-state index contributed by atoms with van der Waals surface area (Å²) >= 11 is 5.17. The summed E-state index contributed by atoms with van der Waals surface area (Å²) in [5.74, 6) is 0.826. The van der Waals surface area contributed by atoms with Crippen LogP contribution in [0.5, 0.6) is 0 Å². The molecule has 0 amide bonds. The molecule has 0 aliphatic carbocycles. The molecule has 20 heavy (non-hydrogen) atoms. The van der Waals surface area contributed by atoms with Gasteiger partial charge in [-0.05, 0) is 28.1 Å². The largest absolute Gasteiger partial charge is 0.364 e. The van der Waals surface area contributed by atoms with Gasteiger partial charge in [-0.2, -0.15) is 0 Å². The molecule has 2 rings (SSSR count). The molecule has 2 heterocycles. The third kappa shape index (κ3) is 5.06. The molecule has 0 saturated carbocycles. The number of guanidine groups is 1. The number of nitrogens with one attached hydrogen (secondary N) is 1. The number of hydrogen-bond acceptors (Lipinski definition) is 4. The molecule has 0 unspecified atom stereocenters. The van der Waals surface area contributed by atoms with Gasteiger partial charge in [0.15, 0.2) is 5.96 Å². The highest BCUT2D eigenvalue weighted by Gasteiger charge is 2.08. The Morgan fingerprint density at radius 1 is 1.50 bits per heavy atom. The number of thiophene rings is 1. The second-order valence-electron chi connectivity index (χ2n) is 3.95. The Hall–Kier alpha value is -0.610. The van der Waals surface area contributed by atoms with Gasteiger partial charge in [-0.1, -0.05) is 5.16 Å². The van der Waals surface area contributed by atoms with Crippen molar-refractivity contribution in [3.05, 3.63) is 38.8 Å². The average molecular weight is 471 g/mol. The van der Waals surface area contributed by atoms with Crippen molar-refractivity contribution < 1.29 is 4.52 Å². The van der Waals surface area contributed by atoms with E-state index in [1.165, 1.54) is 4.88 Å². The summed E-state index contributed by atoms with van der Waals surface area (Å²) in [6.07, 6.45) is 1.57. The fourth-order valence-corrected chi connectivity index (χ4v) is 3.06. The summed E-state index contributed by atoms with van der Waals surface area (Å²) in [4.78, 5) is 7.51. The first-order valence-corrected chi connectivity index (χ1v) is 7.35. The number of nitrogens with zero attached hydrogens (tertiary/aromatic N) is 3. The van der Waals surface area contributed by atoms with Crippen LogP contribution in [0.3, 0.4) is 0 Å². The van der Waals surface area contributed by atoms with Crippen molar-refractivity contribution in [1.29, 1.82) is 0 Å². The number of rotatable bonds is 4. The fraction of sp³-hybridized carbons (Fsp3) is 0.333. The first-order chi connectivity index (χ1) is 9.19. The molecule has 5 nitrogen and oxygen atoms in total. The summed E-state index contributed by atoms with van der Waals surface area (Å²) in [6.45, 7) is 1.41. The minimum atomic E-state index is 0. The molecule has 0 atom stereocenters. The monoisotopic (exact) mass is 470 g/mol. The van der Waals surface area contributed by atoms with E-state index >= 15 is 0 Å². The van der Waals surface area contributed by atoms with Gasteiger partial charge in [0.05, 0.1) is 16.9 Å². The van der Waals surface area contributed by atoms with E-state index in [1.807, 2.05) is 24.1 Å². The quantitative estimate of drug-likeness (QED) is 0.423. The lowest BCUT2D eigenvalue weighted by Gasteiger charge is -2.20. The van der Waals surface area contributed by atoms with Crippen LogP contribution < -0.4 is 5.32 Å². The SMILES string of the molecule is CN=C(NCc1ccc(Br)s1)N(C)Cc1ccon1.I. The van der Waals surface area contributed by atoms with Crippen LogP contribution in [0.25, 0.3) is 0 Å². The van der Waals surface area contributed by atoms with Gasteiger partial charge in [-0.25, -0.2) is 0 Å². The molecule has 0 aliphatic heterocycles. The normalized spacial score (nSPS) is 11.1. The molecule has 110 valence electrons. The maximum Gasteiger partial charge on any atom is 0.194 e. The van der Waals surface area contributed by atoms with E-state index in [-0.39, 0.29) is 24.0 Å². The van der Waals surface area contributed by atoms with E-state index < -0.39 is 0 Å². The van der Waals surface area contributed by atoms with Crippen molar-refractivity contribution in [1.82, 2.24) is 15.4 Å². The Morgan fingerprint density at radius 3 is 2.85 bits per heavy atom. The fourth-order valence-electron chi connectivity index (χ4n) is 1.63. The molecule has 8 heteroatoms. The Balaban J connectivity index is 0.00000200. The van der Waals surface area contributed by atoms with E-state index in [0.717, 1.165) is 22.0 Å². The van der Waals surface area contributed by atoms with Crippen LogP contribution in [-0.2, 0) is 13.1 Å². The van der Waals surface area contributed by atoms with E-state index in [2.05, 4.69) is 37.5 Å². The zero-order chi connectivity index (χ0) is 13.7. The van der Waals surface area contributed by atoms with Crippen molar-refractivity contribution in [2.24, 2.45) is 4.99 Å². The predicted molar refractivity (Wildman–Crippen MR) is 95.6 cm³/mol. The molecule has 0 saturated heterocycles. The summed E-state index contributed by atoms with van der Waals surface area (Å²) in [5.41, 5.74) is 0.879. The zero-order valence-electron chi connectivity index (χ0n) is 11.2. The first-order valence-electron chi connectivity index (χ1n) is 5.74. The van der Waals surface area contributed by atoms with Crippen LogP contribution in [0.1, 0.15) is 10.6 Å². The summed E-state index contributed by atoms with van der Waals surface area (Å²) < 4.78 is 5.95. The van der Waals surface area contributed by atoms with Crippen LogP contribution in [0.4, 0.5) is 0 Å². The predicted octanol–water partition coefficient (Wildman–Crippen LogP) is 3.32. The maximum absolute atomic E-state index is 4.82. The molecular formula is C12H16BrIN4OS. The van der Waals surface area contributed by atoms with E-state index in [1.54, 1.807) is 24.6 Å². The third-order valence-corrected chi connectivity index (χ3v) is 4.14. The van der Waals surface area contributed by atoms with Gasteiger partial charge in [0.2, 0.25) is 0 Å². The minimum Gasteiger partial charge on any atom is -0.364 e. The van der Waals surface area contributed by atoms with Gasteiger partial charge in [0, 0.05) is 25.0 Å². The Morgan fingerprint density at radius 2 is 2.30 bits per heavy atom. The summed E-state index contributed by atoms with van der Waals surface area (Å²) in [7, 11) is 3.74. The highest BCUT2D eigenvalue weighted by Crippen LogP contribution is 2.21. The molecular weight excluding hydrogens is 455 g/mol. The maximum atomic E-state index is 4.82. The van der Waals surface area contributed by atoms with Gasteiger partial charge >= 0.3 is 0 Å². The lowest BCUT2D eigenvalue weighted by atomic mass is 10.4. The smallest absolute Gasteiger partial charge is 0.194 e. The van der Waals surface area contributed by atoms with E-state index in [4.69, 9.17) is 4.52 Å². The molecule has 0 fully saturated rings. The van der Waals surface area contributed by atoms with Crippen molar-refractivity contribution >= 4 is 57.2 Å². The number of halogens is 2. The Labute approximate surface area is 147 Å². The van der Waals surface area contributed by atoms with Gasteiger partial charge in [0.25, 0.3) is 0 Å². The topological polar surface area (TPSA) is 53.7 Å². The second-order valence-corrected chi connectivity index (χ2v) is 6.50. The Kier molecular flexibility index (Phi) is 7.52. The molecule has 0 spiro atoms. The highest BCUT2D eigenvalue weighted by molar-refractivity contribution is 14.0. The number of aliphatic imine (C=N–C) groups is 1. The third-order valence-electron chi connectivity index (χ3n) is 2.51. The average Bonchev–Trinajstić information content (AvgIpc) is 3.02. The molecule has 0 aromatic carbocycles. The summed E-state index contributed by atoms with van der Waals surface area (Å²) in [5, 5.41) is 7.21. The van der Waals surface area contributed by atoms with Crippen LogP contribution in [0.15, 0.2) is 37.8 Å². The highest BCUT2D eigenvalue weighted by atomic mass is 127. The van der Waals surface area contributed by atoms with E-state index in [9.17, 15) is 0 Å². The molecule has 1 N–H and O–H groups in total. The van der Waals surface area contributed by atoms with Crippen LogP contribution in [0, 0.1) is 0 Å². The van der Waals surface area contributed by atoms with Crippen molar-refractivity contribution in [2.75, 3.05) is 14.1 Å². The van der Waals surface area contributed by atoms with E-state index in [0.29, 0.717) is 6.54 Å². The van der Waals surface area contributed by atoms with Crippen LogP contribution in [-0.4, -0.2) is 30.1 Å². The van der Waals surface area contributed by atoms with Gasteiger partial charge in [-0.3, -0.25) is 4.99 Å². The number of aromatic nitrogens is 1. The minimum absolute atomic E-state index is 0. The first kappa shape index (κ1) is 17.4. The van der Waals surface area contributed by atoms with Crippen LogP contribution >= 0.6 is 51.2 Å². The molecule has 2 aromatic rings. The Bertz CT molecular complexity index is 543. The zero-order valence-corrected chi connectivity index (χ0v) is 15.9. The van der Waals surface area contributed by atoms with Crippen molar-refractivity contribution in [2.45, 2.75) is 13.1 Å². The molecule has 2 aromatic heterocycles. The van der Waals surface area contributed by atoms with Gasteiger partial charge < -0.3 is 14.7 Å². The lowest BCUT2D eigenvalue weighted by Crippen LogP contribution is -2.37. The lowest BCUT2D eigenvalue weighted by molar-refractivity contribution is 0.391. The van der Waals surface area contributed by atoms with Crippen LogP contribution in [0.2, 0.25) is 0 Å². The van der Waals surface area contributed by atoms with Gasteiger partial charge in [0.1, 0.15) is 12.0 Å². The molecule has 0 bridgehead atoms. The molecule has 0 radical (unpaired) electrons. The number of hydrogen-bond donors (Lipinski definition) is 1. The van der Waals surface area contributed by atoms with Gasteiger partial charge in [-0.15, -0.1) is 35.3 Å².